The van der Waals surface area contributed by atoms with Crippen LogP contribution in [0.4, 0.5) is 17.1 Å². The summed E-state index contributed by atoms with van der Waals surface area (Å²) < 4.78 is 3.85. The molecule has 0 aliphatic carbocycles. The molecule has 0 radical (unpaired) electrons. The molecule has 0 saturated heterocycles. The molecule has 2 nitrogen and oxygen atoms in total. The fourth-order valence-corrected chi connectivity index (χ4v) is 8.40. The summed E-state index contributed by atoms with van der Waals surface area (Å²) in [6, 6.07) is 52.6. The molecule has 0 bridgehead atoms. The van der Waals surface area contributed by atoms with E-state index in [1.54, 1.807) is 11.3 Å². The van der Waals surface area contributed by atoms with Gasteiger partial charge in [0, 0.05) is 58.1 Å². The van der Waals surface area contributed by atoms with Crippen molar-refractivity contribution in [2.75, 3.05) is 4.90 Å². The molecule has 9 aromatic rings. The molecule has 0 spiro atoms. The van der Waals surface area contributed by atoms with E-state index < -0.39 is 0 Å². The molecule has 3 heterocycles. The average molecular weight is 585 g/mol. The molecule has 0 N–H and O–H groups in total. The first-order chi connectivity index (χ1) is 21.3. The number of fused-ring (bicyclic) bond motifs is 7. The number of aromatic nitrogens is 1. The minimum absolute atomic E-state index is 1.04. The maximum Gasteiger partial charge on any atom is 0.125 e. The van der Waals surface area contributed by atoms with Crippen molar-refractivity contribution < 1.29 is 0 Å². The zero-order chi connectivity index (χ0) is 28.3. The van der Waals surface area contributed by atoms with Gasteiger partial charge >= 0.3 is 0 Å². The van der Waals surface area contributed by atoms with Crippen LogP contribution in [0.15, 0.2) is 146 Å². The van der Waals surface area contributed by atoms with Crippen molar-refractivity contribution in [3.8, 4) is 11.1 Å². The van der Waals surface area contributed by atoms with Crippen LogP contribution in [0.25, 0.3) is 62.5 Å². The molecule has 6 aromatic carbocycles. The number of thiophene rings is 2. The maximum absolute atomic E-state index is 5.01. The zero-order valence-corrected chi connectivity index (χ0v) is 24.7. The molecule has 0 aliphatic heterocycles. The largest absolute Gasteiger partial charge is 0.310 e. The van der Waals surface area contributed by atoms with Crippen molar-refractivity contribution in [2.45, 2.75) is 0 Å². The lowest BCUT2D eigenvalue weighted by Crippen LogP contribution is -2.09. The molecule has 0 amide bonds. The van der Waals surface area contributed by atoms with E-state index in [0.717, 1.165) is 27.4 Å². The van der Waals surface area contributed by atoms with Gasteiger partial charge in [-0.15, -0.1) is 22.7 Å². The summed E-state index contributed by atoms with van der Waals surface area (Å²) >= 11 is 3.62. The fraction of sp³-hybridized carbons (Fsp3) is 0. The SMILES string of the molecule is c1ccc(-c2ccc(N(c3ccc4c(c3)sc3ccccc34)c3ccc4c(c3)sc3nc5ccccc5cc34)cc2)cc1. The lowest BCUT2D eigenvalue weighted by Gasteiger charge is -2.26. The van der Waals surface area contributed by atoms with Gasteiger partial charge in [0.25, 0.3) is 0 Å². The first-order valence-corrected chi connectivity index (χ1v) is 16.0. The van der Waals surface area contributed by atoms with E-state index in [4.69, 9.17) is 4.98 Å². The topological polar surface area (TPSA) is 16.1 Å². The molecule has 0 atom stereocenters. The first kappa shape index (κ1) is 24.6. The van der Waals surface area contributed by atoms with E-state index in [2.05, 4.69) is 150 Å². The van der Waals surface area contributed by atoms with Crippen LogP contribution in [0, 0.1) is 0 Å². The zero-order valence-electron chi connectivity index (χ0n) is 23.1. The number of benzene rings is 6. The van der Waals surface area contributed by atoms with E-state index in [-0.39, 0.29) is 0 Å². The number of anilines is 3. The smallest absolute Gasteiger partial charge is 0.125 e. The van der Waals surface area contributed by atoms with Gasteiger partial charge in [0.15, 0.2) is 0 Å². The Balaban J connectivity index is 1.22. The van der Waals surface area contributed by atoms with Crippen molar-refractivity contribution in [1.29, 1.82) is 0 Å². The monoisotopic (exact) mass is 584 g/mol. The molecular formula is C39H24N2S2. The lowest BCUT2D eigenvalue weighted by molar-refractivity contribution is 1.30. The van der Waals surface area contributed by atoms with E-state index in [9.17, 15) is 0 Å². The summed E-state index contributed by atoms with van der Waals surface area (Å²) in [5, 5.41) is 6.27. The fourth-order valence-electron chi connectivity index (χ4n) is 6.16. The summed E-state index contributed by atoms with van der Waals surface area (Å²) in [7, 11) is 0. The molecule has 43 heavy (non-hydrogen) atoms. The highest BCUT2D eigenvalue weighted by Gasteiger charge is 2.17. The van der Waals surface area contributed by atoms with Crippen LogP contribution in [0.5, 0.6) is 0 Å². The van der Waals surface area contributed by atoms with E-state index in [1.807, 2.05) is 11.3 Å². The van der Waals surface area contributed by atoms with Crippen LogP contribution in [-0.2, 0) is 0 Å². The average Bonchev–Trinajstić information content (AvgIpc) is 3.61. The second kappa shape index (κ2) is 9.77. The van der Waals surface area contributed by atoms with Gasteiger partial charge in [-0.3, -0.25) is 0 Å². The van der Waals surface area contributed by atoms with Gasteiger partial charge in [-0.1, -0.05) is 91.0 Å². The normalized spacial score (nSPS) is 11.7. The van der Waals surface area contributed by atoms with Crippen LogP contribution in [-0.4, -0.2) is 4.98 Å². The minimum atomic E-state index is 1.04. The van der Waals surface area contributed by atoms with Gasteiger partial charge in [-0.25, -0.2) is 4.98 Å². The van der Waals surface area contributed by atoms with Crippen LogP contribution < -0.4 is 4.90 Å². The quantitative estimate of drug-likeness (QED) is 0.205. The Hall–Kier alpha value is -5.03. The number of hydrogen-bond acceptors (Lipinski definition) is 4. The highest BCUT2D eigenvalue weighted by Crippen LogP contribution is 2.43. The van der Waals surface area contributed by atoms with Crippen molar-refractivity contribution >= 4 is 91.1 Å². The Bertz CT molecular complexity index is 2450. The van der Waals surface area contributed by atoms with Crippen LogP contribution in [0.1, 0.15) is 0 Å². The second-order valence-electron chi connectivity index (χ2n) is 10.8. The highest BCUT2D eigenvalue weighted by molar-refractivity contribution is 7.26. The van der Waals surface area contributed by atoms with Gasteiger partial charge in [-0.05, 0) is 65.7 Å². The molecule has 202 valence electrons. The Morgan fingerprint density at radius 1 is 0.419 bits per heavy atom. The molecule has 0 saturated carbocycles. The third-order valence-corrected chi connectivity index (χ3v) is 10.5. The molecule has 3 aromatic heterocycles. The minimum Gasteiger partial charge on any atom is -0.310 e. The van der Waals surface area contributed by atoms with Crippen molar-refractivity contribution in [3.05, 3.63) is 146 Å². The first-order valence-electron chi connectivity index (χ1n) is 14.4. The third-order valence-electron chi connectivity index (χ3n) is 8.26. The maximum atomic E-state index is 5.01. The predicted octanol–water partition coefficient (Wildman–Crippen LogP) is 12.1. The summed E-state index contributed by atoms with van der Waals surface area (Å²) in [4.78, 5) is 8.47. The summed E-state index contributed by atoms with van der Waals surface area (Å²) in [6.07, 6.45) is 0. The number of hydrogen-bond donors (Lipinski definition) is 0. The summed E-state index contributed by atoms with van der Waals surface area (Å²) in [5.74, 6) is 0. The molecule has 0 fully saturated rings. The van der Waals surface area contributed by atoms with Gasteiger partial charge in [-0.2, -0.15) is 0 Å². The molecular weight excluding hydrogens is 561 g/mol. The van der Waals surface area contributed by atoms with Crippen molar-refractivity contribution in [1.82, 2.24) is 4.98 Å². The Kier molecular flexibility index (Phi) is 5.58. The van der Waals surface area contributed by atoms with E-state index in [1.165, 1.54) is 52.2 Å². The Morgan fingerprint density at radius 3 is 1.84 bits per heavy atom. The molecule has 0 unspecified atom stereocenters. The van der Waals surface area contributed by atoms with Gasteiger partial charge in [0.2, 0.25) is 0 Å². The van der Waals surface area contributed by atoms with E-state index in [0.29, 0.717) is 0 Å². The van der Waals surface area contributed by atoms with Gasteiger partial charge in [0.05, 0.1) is 5.52 Å². The lowest BCUT2D eigenvalue weighted by atomic mass is 10.0. The Labute approximate surface area is 256 Å². The molecule has 9 rings (SSSR count). The molecule has 0 aliphatic rings. The number of pyridine rings is 1. The standard InChI is InChI=1S/C39H24N2S2/c1-2-8-25(9-3-1)26-14-16-28(17-15-26)41(29-18-20-32-31-11-5-7-13-36(31)42-37(32)23-29)30-19-21-33-34-22-27-10-4-6-12-35(27)40-39(34)43-38(33)24-30/h1-24H. The van der Waals surface area contributed by atoms with Gasteiger partial charge in [0.1, 0.15) is 4.83 Å². The third kappa shape index (κ3) is 4.10. The number of para-hydroxylation sites is 1. The predicted molar refractivity (Wildman–Crippen MR) is 188 cm³/mol. The summed E-state index contributed by atoms with van der Waals surface area (Å²) in [6.45, 7) is 0. The van der Waals surface area contributed by atoms with E-state index >= 15 is 0 Å². The molecule has 4 heteroatoms. The summed E-state index contributed by atoms with van der Waals surface area (Å²) in [5.41, 5.74) is 6.89. The Morgan fingerprint density at radius 2 is 1.02 bits per heavy atom. The van der Waals surface area contributed by atoms with Crippen LogP contribution >= 0.6 is 22.7 Å². The van der Waals surface area contributed by atoms with Crippen molar-refractivity contribution in [3.63, 3.8) is 0 Å². The highest BCUT2D eigenvalue weighted by atomic mass is 32.1. The number of nitrogens with zero attached hydrogens (tertiary/aromatic N) is 2. The second-order valence-corrected chi connectivity index (χ2v) is 13.0. The van der Waals surface area contributed by atoms with Gasteiger partial charge < -0.3 is 4.90 Å². The van der Waals surface area contributed by atoms with Crippen LogP contribution in [0.3, 0.4) is 0 Å². The number of rotatable bonds is 4. The van der Waals surface area contributed by atoms with Crippen LogP contribution in [0.2, 0.25) is 0 Å². The van der Waals surface area contributed by atoms with Crippen molar-refractivity contribution in [2.24, 2.45) is 0 Å².